The maximum absolute atomic E-state index is 5.81. The standard InChI is InChI=1S/C12H20N2O2/c13-9-11(8-12-2-1-5-16-12)10-14-3-6-15-7-4-14/h1-2,5,11H,3-4,6-10,13H2. The lowest BCUT2D eigenvalue weighted by Gasteiger charge is -2.29. The molecule has 1 saturated heterocycles. The molecule has 4 heteroatoms. The molecule has 1 aromatic heterocycles. The van der Waals surface area contributed by atoms with Gasteiger partial charge in [-0.3, -0.25) is 4.90 Å². The van der Waals surface area contributed by atoms with Crippen molar-refractivity contribution in [2.45, 2.75) is 6.42 Å². The van der Waals surface area contributed by atoms with Gasteiger partial charge in [0.1, 0.15) is 5.76 Å². The van der Waals surface area contributed by atoms with Gasteiger partial charge in [-0.1, -0.05) is 0 Å². The van der Waals surface area contributed by atoms with Gasteiger partial charge < -0.3 is 14.9 Å². The second kappa shape index (κ2) is 6.03. The van der Waals surface area contributed by atoms with Crippen LogP contribution in [-0.4, -0.2) is 44.3 Å². The number of morpholine rings is 1. The van der Waals surface area contributed by atoms with Crippen molar-refractivity contribution in [1.82, 2.24) is 4.90 Å². The molecule has 1 unspecified atom stereocenters. The molecule has 1 atom stereocenters. The maximum atomic E-state index is 5.81. The van der Waals surface area contributed by atoms with Gasteiger partial charge in [0.25, 0.3) is 0 Å². The molecular weight excluding hydrogens is 204 g/mol. The molecule has 2 N–H and O–H groups in total. The molecule has 0 bridgehead atoms. The summed E-state index contributed by atoms with van der Waals surface area (Å²) in [6.45, 7) is 5.48. The molecule has 16 heavy (non-hydrogen) atoms. The predicted octanol–water partition coefficient (Wildman–Crippen LogP) is 0.729. The smallest absolute Gasteiger partial charge is 0.104 e. The molecule has 0 saturated carbocycles. The minimum absolute atomic E-state index is 0.476. The molecule has 1 fully saturated rings. The van der Waals surface area contributed by atoms with E-state index in [1.54, 1.807) is 6.26 Å². The third-order valence-corrected chi connectivity index (χ3v) is 3.02. The lowest BCUT2D eigenvalue weighted by molar-refractivity contribution is 0.0309. The summed E-state index contributed by atoms with van der Waals surface area (Å²) in [5.41, 5.74) is 5.81. The van der Waals surface area contributed by atoms with Crippen LogP contribution in [0.2, 0.25) is 0 Å². The van der Waals surface area contributed by atoms with E-state index in [-0.39, 0.29) is 0 Å². The van der Waals surface area contributed by atoms with Crippen LogP contribution in [0.3, 0.4) is 0 Å². The van der Waals surface area contributed by atoms with Crippen molar-refractivity contribution in [3.05, 3.63) is 24.2 Å². The highest BCUT2D eigenvalue weighted by molar-refractivity contribution is 4.99. The molecule has 1 aliphatic heterocycles. The van der Waals surface area contributed by atoms with Crippen LogP contribution in [0.1, 0.15) is 5.76 Å². The summed E-state index contributed by atoms with van der Waals surface area (Å²) in [6, 6.07) is 3.94. The van der Waals surface area contributed by atoms with Crippen LogP contribution in [-0.2, 0) is 11.2 Å². The van der Waals surface area contributed by atoms with Crippen molar-refractivity contribution in [2.24, 2.45) is 11.7 Å². The van der Waals surface area contributed by atoms with Gasteiger partial charge in [-0.05, 0) is 24.6 Å². The summed E-state index contributed by atoms with van der Waals surface area (Å²) < 4.78 is 10.7. The zero-order chi connectivity index (χ0) is 11.2. The zero-order valence-electron chi connectivity index (χ0n) is 9.60. The summed E-state index contributed by atoms with van der Waals surface area (Å²) in [5, 5.41) is 0. The number of nitrogens with two attached hydrogens (primary N) is 1. The lowest BCUT2D eigenvalue weighted by Crippen LogP contribution is -2.41. The van der Waals surface area contributed by atoms with E-state index >= 15 is 0 Å². The van der Waals surface area contributed by atoms with E-state index in [2.05, 4.69) is 4.90 Å². The molecule has 0 spiro atoms. The Balaban J connectivity index is 1.80. The quantitative estimate of drug-likeness (QED) is 0.801. The van der Waals surface area contributed by atoms with E-state index in [9.17, 15) is 0 Å². The SMILES string of the molecule is NCC(Cc1ccco1)CN1CCOCC1. The van der Waals surface area contributed by atoms with Crippen molar-refractivity contribution in [1.29, 1.82) is 0 Å². The first kappa shape index (κ1) is 11.6. The zero-order valence-corrected chi connectivity index (χ0v) is 9.60. The number of hydrogen-bond donors (Lipinski definition) is 1. The molecule has 0 aromatic carbocycles. The van der Waals surface area contributed by atoms with Crippen LogP contribution in [0.5, 0.6) is 0 Å². The molecule has 0 aliphatic carbocycles. The van der Waals surface area contributed by atoms with Crippen LogP contribution in [0.4, 0.5) is 0 Å². The predicted molar refractivity (Wildman–Crippen MR) is 62.2 cm³/mol. The monoisotopic (exact) mass is 224 g/mol. The molecule has 0 amide bonds. The highest BCUT2D eigenvalue weighted by Gasteiger charge is 2.16. The second-order valence-electron chi connectivity index (χ2n) is 4.30. The lowest BCUT2D eigenvalue weighted by atomic mass is 10.0. The second-order valence-corrected chi connectivity index (χ2v) is 4.30. The first-order valence-corrected chi connectivity index (χ1v) is 5.91. The van der Waals surface area contributed by atoms with Gasteiger partial charge in [-0.15, -0.1) is 0 Å². The van der Waals surface area contributed by atoms with Crippen LogP contribution in [0.15, 0.2) is 22.8 Å². The van der Waals surface area contributed by atoms with Gasteiger partial charge in [0.2, 0.25) is 0 Å². The van der Waals surface area contributed by atoms with Gasteiger partial charge >= 0.3 is 0 Å². The Morgan fingerprint density at radius 2 is 2.19 bits per heavy atom. The number of ether oxygens (including phenoxy) is 1. The van der Waals surface area contributed by atoms with E-state index in [1.165, 1.54) is 0 Å². The van der Waals surface area contributed by atoms with Crippen LogP contribution >= 0.6 is 0 Å². The Morgan fingerprint density at radius 3 is 2.81 bits per heavy atom. The van der Waals surface area contributed by atoms with Gasteiger partial charge in [0.15, 0.2) is 0 Å². The highest BCUT2D eigenvalue weighted by Crippen LogP contribution is 2.11. The summed E-state index contributed by atoms with van der Waals surface area (Å²) in [4.78, 5) is 2.42. The average Bonchev–Trinajstić information content (AvgIpc) is 2.82. The molecular formula is C12H20N2O2. The van der Waals surface area contributed by atoms with E-state index < -0.39 is 0 Å². The Labute approximate surface area is 96.4 Å². The topological polar surface area (TPSA) is 51.6 Å². The minimum Gasteiger partial charge on any atom is -0.469 e. The third kappa shape index (κ3) is 3.33. The van der Waals surface area contributed by atoms with Crippen LogP contribution < -0.4 is 5.73 Å². The fourth-order valence-electron chi connectivity index (χ4n) is 2.08. The molecule has 1 aliphatic rings. The number of furan rings is 1. The normalized spacial score (nSPS) is 19.8. The van der Waals surface area contributed by atoms with Gasteiger partial charge in [0.05, 0.1) is 19.5 Å². The van der Waals surface area contributed by atoms with Gasteiger partial charge in [0, 0.05) is 26.1 Å². The molecule has 0 radical (unpaired) electrons. The van der Waals surface area contributed by atoms with Gasteiger partial charge in [-0.25, -0.2) is 0 Å². The van der Waals surface area contributed by atoms with E-state index in [1.807, 2.05) is 12.1 Å². The molecule has 4 nitrogen and oxygen atoms in total. The first-order chi connectivity index (χ1) is 7.88. The molecule has 1 aromatic rings. The summed E-state index contributed by atoms with van der Waals surface area (Å²) in [5.74, 6) is 1.51. The van der Waals surface area contributed by atoms with E-state index in [4.69, 9.17) is 14.9 Å². The Morgan fingerprint density at radius 1 is 1.38 bits per heavy atom. The minimum atomic E-state index is 0.476. The summed E-state index contributed by atoms with van der Waals surface area (Å²) >= 11 is 0. The summed E-state index contributed by atoms with van der Waals surface area (Å²) in [7, 11) is 0. The Kier molecular flexibility index (Phi) is 4.39. The first-order valence-electron chi connectivity index (χ1n) is 5.91. The average molecular weight is 224 g/mol. The van der Waals surface area contributed by atoms with E-state index in [0.717, 1.165) is 45.0 Å². The van der Waals surface area contributed by atoms with Crippen LogP contribution in [0, 0.1) is 5.92 Å². The molecule has 90 valence electrons. The van der Waals surface area contributed by atoms with Crippen molar-refractivity contribution in [3.63, 3.8) is 0 Å². The molecule has 2 heterocycles. The Bertz CT molecular complexity index is 281. The van der Waals surface area contributed by atoms with Crippen molar-refractivity contribution >= 4 is 0 Å². The van der Waals surface area contributed by atoms with Crippen molar-refractivity contribution in [2.75, 3.05) is 39.4 Å². The number of rotatable bonds is 5. The highest BCUT2D eigenvalue weighted by atomic mass is 16.5. The van der Waals surface area contributed by atoms with Crippen molar-refractivity contribution in [3.8, 4) is 0 Å². The fourth-order valence-corrected chi connectivity index (χ4v) is 2.08. The number of nitrogens with zero attached hydrogens (tertiary/aromatic N) is 1. The van der Waals surface area contributed by atoms with Gasteiger partial charge in [-0.2, -0.15) is 0 Å². The fraction of sp³-hybridized carbons (Fsp3) is 0.667. The van der Waals surface area contributed by atoms with E-state index in [0.29, 0.717) is 12.5 Å². The van der Waals surface area contributed by atoms with Crippen molar-refractivity contribution < 1.29 is 9.15 Å². The third-order valence-electron chi connectivity index (χ3n) is 3.02. The molecule has 2 rings (SSSR count). The largest absolute Gasteiger partial charge is 0.469 e. The number of hydrogen-bond acceptors (Lipinski definition) is 4. The maximum Gasteiger partial charge on any atom is 0.104 e. The summed E-state index contributed by atoms with van der Waals surface area (Å²) in [6.07, 6.45) is 2.65. The van der Waals surface area contributed by atoms with Crippen LogP contribution in [0.25, 0.3) is 0 Å². The Hall–Kier alpha value is -0.840.